The number of benzene rings is 2. The molecule has 0 radical (unpaired) electrons. The molecule has 1 unspecified atom stereocenters. The number of anilines is 1. The molecule has 0 saturated carbocycles. The van der Waals surface area contributed by atoms with Crippen molar-refractivity contribution in [1.29, 1.82) is 0 Å². The van der Waals surface area contributed by atoms with Crippen molar-refractivity contribution in [3.05, 3.63) is 77.3 Å². The van der Waals surface area contributed by atoms with Gasteiger partial charge in [0, 0.05) is 48.7 Å². The molecule has 10 N–H and O–H groups in total. The Labute approximate surface area is 269 Å². The van der Waals surface area contributed by atoms with Crippen LogP contribution >= 0.6 is 0 Å². The number of nitrogens with zero attached hydrogens (tertiary/aromatic N) is 3. The third-order valence-electron chi connectivity index (χ3n) is 8.14. The summed E-state index contributed by atoms with van der Waals surface area (Å²) in [5.41, 5.74) is 19.7. The Hall–Kier alpha value is -4.02. The zero-order valence-corrected chi connectivity index (χ0v) is 26.5. The van der Waals surface area contributed by atoms with E-state index in [0.29, 0.717) is 43.9 Å². The molecule has 0 aromatic heterocycles. The van der Waals surface area contributed by atoms with Crippen LogP contribution in [0.1, 0.15) is 36.8 Å². The minimum atomic E-state index is -3.86. The van der Waals surface area contributed by atoms with E-state index in [1.54, 1.807) is 12.3 Å². The molecule has 2 amide bonds. The summed E-state index contributed by atoms with van der Waals surface area (Å²) < 4.78 is 43.7. The Kier molecular flexibility index (Phi) is 10.9. The first-order valence-electron chi connectivity index (χ1n) is 15.5. The summed E-state index contributed by atoms with van der Waals surface area (Å²) in [6, 6.07) is 11.1. The zero-order valence-electron chi connectivity index (χ0n) is 25.7. The normalized spacial score (nSPS) is 18.5. The van der Waals surface area contributed by atoms with Crippen molar-refractivity contribution in [2.75, 3.05) is 44.2 Å². The molecule has 248 valence electrons. The van der Waals surface area contributed by atoms with Gasteiger partial charge in [-0.3, -0.25) is 14.8 Å². The van der Waals surface area contributed by atoms with Crippen LogP contribution in [0.3, 0.4) is 0 Å². The fourth-order valence-electron chi connectivity index (χ4n) is 5.73. The molecule has 3 aliphatic heterocycles. The van der Waals surface area contributed by atoms with Gasteiger partial charge in [-0.05, 0) is 93.8 Å². The number of piperidine rings is 1. The highest BCUT2D eigenvalue weighted by molar-refractivity contribution is 7.89. The Bertz CT molecular complexity index is 1590. The molecule has 0 aliphatic carbocycles. The number of nitrogens with one attached hydrogen (secondary N) is 4. The fraction of sp³-hybridized carbons (Fsp3) is 0.419. The van der Waals surface area contributed by atoms with Crippen LogP contribution < -0.4 is 42.8 Å². The van der Waals surface area contributed by atoms with Gasteiger partial charge in [0.1, 0.15) is 12.0 Å². The van der Waals surface area contributed by atoms with Crippen LogP contribution in [0.25, 0.3) is 5.70 Å². The molecule has 1 fully saturated rings. The Balaban J connectivity index is 1.26. The van der Waals surface area contributed by atoms with Crippen LogP contribution in [-0.2, 0) is 16.6 Å². The molecule has 15 heteroatoms. The topological polar surface area (TPSA) is 196 Å². The molecule has 2 aromatic rings. The lowest BCUT2D eigenvalue weighted by atomic mass is 10.1. The number of halogens is 1. The number of carbonyl (C=O) groups excluding carboxylic acids is 1. The molecular formula is C31H43FN10O3S. The second kappa shape index (κ2) is 15.0. The SMILES string of the molecule is NCCCN(CCCN=C(N)N)Cc1ccc(N2C=C3C=C(c4ccc(S(=O)(=O)NC5CCNCC5)cc4F)NC3NC2=O)cc1. The van der Waals surface area contributed by atoms with Crippen molar-refractivity contribution in [3.63, 3.8) is 0 Å². The number of nitrogens with two attached hydrogens (primary N) is 3. The van der Waals surface area contributed by atoms with Crippen LogP contribution in [-0.4, -0.2) is 76.8 Å². The summed E-state index contributed by atoms with van der Waals surface area (Å²) in [7, 11) is -3.86. The van der Waals surface area contributed by atoms with Crippen LogP contribution in [0.4, 0.5) is 14.9 Å². The highest BCUT2D eigenvalue weighted by atomic mass is 32.2. The molecule has 1 saturated heterocycles. The highest BCUT2D eigenvalue weighted by Gasteiger charge is 2.32. The van der Waals surface area contributed by atoms with Gasteiger partial charge < -0.3 is 33.2 Å². The summed E-state index contributed by atoms with van der Waals surface area (Å²) >= 11 is 0. The number of carbonyl (C=O) groups is 1. The van der Waals surface area contributed by atoms with Gasteiger partial charge in [-0.2, -0.15) is 0 Å². The zero-order chi connectivity index (χ0) is 32.7. The van der Waals surface area contributed by atoms with E-state index < -0.39 is 22.0 Å². The van der Waals surface area contributed by atoms with E-state index in [0.717, 1.165) is 56.2 Å². The Morgan fingerprint density at radius 3 is 2.50 bits per heavy atom. The van der Waals surface area contributed by atoms with Crippen LogP contribution in [0.15, 0.2) is 70.2 Å². The average molecular weight is 655 g/mol. The molecule has 5 rings (SSSR count). The molecule has 2 aromatic carbocycles. The third-order valence-corrected chi connectivity index (χ3v) is 9.66. The first-order valence-corrected chi connectivity index (χ1v) is 17.0. The maximum absolute atomic E-state index is 15.3. The van der Waals surface area contributed by atoms with E-state index in [4.69, 9.17) is 17.2 Å². The monoisotopic (exact) mass is 654 g/mol. The van der Waals surface area contributed by atoms with Gasteiger partial charge in [0.15, 0.2) is 5.96 Å². The molecule has 0 spiro atoms. The van der Waals surface area contributed by atoms with Gasteiger partial charge in [-0.25, -0.2) is 22.3 Å². The Morgan fingerprint density at radius 1 is 1.07 bits per heavy atom. The van der Waals surface area contributed by atoms with Crippen molar-refractivity contribution >= 4 is 33.4 Å². The molecule has 1 atom stereocenters. The number of hydrogen-bond donors (Lipinski definition) is 7. The summed E-state index contributed by atoms with van der Waals surface area (Å²) in [4.78, 5) is 20.8. The summed E-state index contributed by atoms with van der Waals surface area (Å²) in [6.07, 6.45) is 5.97. The first-order chi connectivity index (χ1) is 22.1. The maximum Gasteiger partial charge on any atom is 0.327 e. The number of hydrogen-bond acceptors (Lipinski definition) is 8. The second-order valence-corrected chi connectivity index (χ2v) is 13.3. The van der Waals surface area contributed by atoms with Crippen molar-refractivity contribution in [2.24, 2.45) is 22.2 Å². The van der Waals surface area contributed by atoms with Crippen molar-refractivity contribution in [1.82, 2.24) is 25.6 Å². The highest BCUT2D eigenvalue weighted by Crippen LogP contribution is 2.30. The number of urea groups is 1. The van der Waals surface area contributed by atoms with E-state index in [9.17, 15) is 13.2 Å². The van der Waals surface area contributed by atoms with Crippen LogP contribution in [0.5, 0.6) is 0 Å². The average Bonchev–Trinajstić information content (AvgIpc) is 3.44. The molecule has 0 bridgehead atoms. The van der Waals surface area contributed by atoms with E-state index in [1.165, 1.54) is 17.0 Å². The lowest BCUT2D eigenvalue weighted by Crippen LogP contribution is -2.51. The quantitative estimate of drug-likeness (QED) is 0.0885. The standard InChI is InChI=1S/C31H43FN10O3S/c32-27-18-25(46(44,45)40-23-9-13-36-14-10-23)7-8-26(27)28-17-22-20-42(31(43)39-29(22)38-28)24-5-3-21(4-6-24)19-41(15-1-11-33)16-2-12-37-30(34)35/h3-8,17-18,20,23,29,36,38,40H,1-2,9-16,19,33H2,(H,39,43)(H4,34,35,37). The van der Waals surface area contributed by atoms with Gasteiger partial charge in [-0.15, -0.1) is 0 Å². The minimum absolute atomic E-state index is 0.0853. The van der Waals surface area contributed by atoms with Gasteiger partial charge >= 0.3 is 6.03 Å². The van der Waals surface area contributed by atoms with Crippen molar-refractivity contribution in [3.8, 4) is 0 Å². The predicted octanol–water partition coefficient (Wildman–Crippen LogP) is 1.05. The third kappa shape index (κ3) is 8.41. The van der Waals surface area contributed by atoms with Crippen molar-refractivity contribution in [2.45, 2.75) is 49.3 Å². The van der Waals surface area contributed by atoms with E-state index in [2.05, 4.69) is 30.6 Å². The number of fused-ring (bicyclic) bond motifs is 1. The minimum Gasteiger partial charge on any atom is -0.370 e. The van der Waals surface area contributed by atoms with Gasteiger partial charge in [0.2, 0.25) is 10.0 Å². The van der Waals surface area contributed by atoms with Gasteiger partial charge in [0.05, 0.1) is 10.6 Å². The van der Waals surface area contributed by atoms with Crippen LogP contribution in [0.2, 0.25) is 0 Å². The van der Waals surface area contributed by atoms with Crippen LogP contribution in [0, 0.1) is 5.82 Å². The molecule has 13 nitrogen and oxygen atoms in total. The number of guanidine groups is 1. The fourth-order valence-corrected chi connectivity index (χ4v) is 7.04. The summed E-state index contributed by atoms with van der Waals surface area (Å²) in [5.74, 6) is -0.594. The van der Waals surface area contributed by atoms with E-state index >= 15 is 4.39 Å². The van der Waals surface area contributed by atoms with Gasteiger partial charge in [-0.1, -0.05) is 12.1 Å². The Morgan fingerprint density at radius 2 is 1.80 bits per heavy atom. The summed E-state index contributed by atoms with van der Waals surface area (Å²) in [6.45, 7) is 5.00. The maximum atomic E-state index is 15.3. The van der Waals surface area contributed by atoms with E-state index in [-0.39, 0.29) is 28.5 Å². The molecule has 3 aliphatic rings. The number of aliphatic imine (C=N–C) groups is 1. The van der Waals surface area contributed by atoms with E-state index in [1.807, 2.05) is 24.3 Å². The molecule has 46 heavy (non-hydrogen) atoms. The number of rotatable bonds is 14. The lowest BCUT2D eigenvalue weighted by Gasteiger charge is -2.29. The predicted molar refractivity (Wildman–Crippen MR) is 177 cm³/mol. The summed E-state index contributed by atoms with van der Waals surface area (Å²) in [5, 5.41) is 9.24. The van der Waals surface area contributed by atoms with Gasteiger partial charge in [0.25, 0.3) is 0 Å². The number of sulfonamides is 1. The first kappa shape index (κ1) is 33.3. The lowest BCUT2D eigenvalue weighted by molar-refractivity contribution is 0.244. The second-order valence-electron chi connectivity index (χ2n) is 11.6. The molecule has 3 heterocycles. The smallest absolute Gasteiger partial charge is 0.327 e. The largest absolute Gasteiger partial charge is 0.370 e. The number of amides is 2. The van der Waals surface area contributed by atoms with Crippen molar-refractivity contribution < 1.29 is 17.6 Å². The molecular weight excluding hydrogens is 611 g/mol.